The summed E-state index contributed by atoms with van der Waals surface area (Å²) in [6.45, 7) is 2.81. The molecule has 0 radical (unpaired) electrons. The number of ether oxygens (including phenoxy) is 1. The summed E-state index contributed by atoms with van der Waals surface area (Å²) in [6.07, 6.45) is 2.69. The summed E-state index contributed by atoms with van der Waals surface area (Å²) in [7, 11) is 0. The predicted molar refractivity (Wildman–Crippen MR) is 122 cm³/mol. The van der Waals surface area contributed by atoms with Crippen molar-refractivity contribution in [1.82, 2.24) is 15.2 Å². The number of nitrogens with two attached hydrogens (primary N) is 1. The maximum absolute atomic E-state index is 12.6. The Morgan fingerprint density at radius 2 is 1.97 bits per heavy atom. The minimum absolute atomic E-state index is 0.0991. The highest BCUT2D eigenvalue weighted by Gasteiger charge is 2.15. The molecule has 0 unspecified atom stereocenters. The highest BCUT2D eigenvalue weighted by atomic mass is 32.1. The zero-order valence-corrected chi connectivity index (χ0v) is 18.3. The normalized spacial score (nSPS) is 11.1. The fourth-order valence-electron chi connectivity index (χ4n) is 3.09. The van der Waals surface area contributed by atoms with Gasteiger partial charge in [0.25, 0.3) is 0 Å². The number of hydrogen-bond acceptors (Lipinski definition) is 8. The number of fused-ring (bicyclic) bond motifs is 1. The minimum atomic E-state index is 0.0991. The highest BCUT2D eigenvalue weighted by molar-refractivity contribution is 7.22. The van der Waals surface area contributed by atoms with Crippen molar-refractivity contribution in [2.45, 2.75) is 32.6 Å². The van der Waals surface area contributed by atoms with Gasteiger partial charge in [0.1, 0.15) is 16.5 Å². The van der Waals surface area contributed by atoms with Crippen molar-refractivity contribution in [3.63, 3.8) is 0 Å². The monoisotopic (exact) mass is 438 g/mol. The van der Waals surface area contributed by atoms with Crippen molar-refractivity contribution in [2.24, 2.45) is 0 Å². The lowest BCUT2D eigenvalue weighted by atomic mass is 10.1. The summed E-state index contributed by atoms with van der Waals surface area (Å²) < 4.78 is 6.89. The number of para-hydroxylation sites is 1. The molecule has 30 heavy (non-hydrogen) atoms. The number of unbranched alkanes of at least 4 members (excludes halogenated alkanes) is 1. The lowest BCUT2D eigenvalue weighted by molar-refractivity contribution is -0.117. The predicted octanol–water partition coefficient (Wildman–Crippen LogP) is 4.93. The number of ketones is 1. The second-order valence-electron chi connectivity index (χ2n) is 6.95. The first-order chi connectivity index (χ1) is 14.6. The number of nitrogen functional groups attached to an aromatic ring is 1. The second kappa shape index (κ2) is 9.32. The Kier molecular flexibility index (Phi) is 6.35. The average molecular weight is 439 g/mol. The van der Waals surface area contributed by atoms with E-state index in [1.807, 2.05) is 42.5 Å². The van der Waals surface area contributed by atoms with Crippen LogP contribution in [0.1, 0.15) is 30.3 Å². The molecular weight excluding hydrogens is 416 g/mol. The quantitative estimate of drug-likeness (QED) is 0.373. The van der Waals surface area contributed by atoms with Gasteiger partial charge < -0.3 is 10.5 Å². The third kappa shape index (κ3) is 4.83. The molecule has 2 aromatic heterocycles. The molecule has 0 aliphatic carbocycles. The third-order valence-corrected chi connectivity index (χ3v) is 6.36. The van der Waals surface area contributed by atoms with Gasteiger partial charge in [0, 0.05) is 6.42 Å². The number of benzene rings is 2. The molecule has 154 valence electrons. The first-order valence-corrected chi connectivity index (χ1v) is 11.5. The Balaban J connectivity index is 1.43. The van der Waals surface area contributed by atoms with Crippen LogP contribution in [0.2, 0.25) is 0 Å². The van der Waals surface area contributed by atoms with Gasteiger partial charge in [0.2, 0.25) is 0 Å². The summed E-state index contributed by atoms with van der Waals surface area (Å²) >= 11 is 2.87. The summed E-state index contributed by atoms with van der Waals surface area (Å²) in [5.41, 5.74) is 8.49. The molecule has 0 aliphatic rings. The minimum Gasteiger partial charge on any atom is -0.493 e. The molecule has 0 amide bonds. The van der Waals surface area contributed by atoms with Crippen LogP contribution in [0.3, 0.4) is 0 Å². The van der Waals surface area contributed by atoms with Crippen molar-refractivity contribution in [3.8, 4) is 16.3 Å². The fraction of sp³-hybridized carbons (Fsp3) is 0.273. The van der Waals surface area contributed by atoms with Gasteiger partial charge in [-0.2, -0.15) is 0 Å². The third-order valence-electron chi connectivity index (χ3n) is 4.56. The Hall–Kier alpha value is -2.84. The zero-order valence-electron chi connectivity index (χ0n) is 16.6. The lowest BCUT2D eigenvalue weighted by Crippen LogP contribution is -2.06. The molecule has 0 spiro atoms. The van der Waals surface area contributed by atoms with Crippen molar-refractivity contribution >= 4 is 43.8 Å². The highest BCUT2D eigenvalue weighted by Crippen LogP contribution is 2.32. The van der Waals surface area contributed by atoms with Crippen molar-refractivity contribution in [2.75, 3.05) is 12.3 Å². The number of Topliss-reactive ketones (excluding diaryl/α,β-unsaturated/α-hetero) is 1. The molecule has 0 atom stereocenters. The molecule has 6 nitrogen and oxygen atoms in total. The van der Waals surface area contributed by atoms with Gasteiger partial charge in [-0.05, 0) is 36.2 Å². The SMILES string of the molecule is CCCCOc1ccccc1-c1nnc(CC(=O)Cc2ccc3nc(N)sc3c2)s1. The fourth-order valence-corrected chi connectivity index (χ4v) is 4.78. The molecule has 8 heteroatoms. The van der Waals surface area contributed by atoms with Crippen molar-refractivity contribution in [3.05, 3.63) is 53.0 Å². The van der Waals surface area contributed by atoms with Crippen LogP contribution in [0.15, 0.2) is 42.5 Å². The Bertz CT molecular complexity index is 1170. The summed E-state index contributed by atoms with van der Waals surface area (Å²) in [6, 6.07) is 13.6. The van der Waals surface area contributed by atoms with Crippen LogP contribution >= 0.6 is 22.7 Å². The van der Waals surface area contributed by atoms with Gasteiger partial charge in [-0.15, -0.1) is 10.2 Å². The number of aromatic nitrogens is 3. The Morgan fingerprint density at radius 3 is 2.83 bits per heavy atom. The van der Waals surface area contributed by atoms with E-state index in [1.54, 1.807) is 0 Å². The number of anilines is 1. The van der Waals surface area contributed by atoms with E-state index >= 15 is 0 Å². The maximum Gasteiger partial charge on any atom is 0.181 e. The van der Waals surface area contributed by atoms with Gasteiger partial charge >= 0.3 is 0 Å². The van der Waals surface area contributed by atoms with Crippen LogP contribution in [0.5, 0.6) is 5.75 Å². The maximum atomic E-state index is 12.6. The van der Waals surface area contributed by atoms with Crippen LogP contribution in [-0.4, -0.2) is 27.6 Å². The first-order valence-electron chi connectivity index (χ1n) is 9.83. The standard InChI is InChI=1S/C22H22N4O2S2/c1-2-3-10-28-18-7-5-4-6-16(18)21-26-25-20(30-21)13-15(27)11-14-8-9-17-19(12-14)29-22(23)24-17/h4-9,12H,2-3,10-11,13H2,1H3,(H2,23,24). The molecule has 0 aliphatic heterocycles. The topological polar surface area (TPSA) is 91.0 Å². The number of hydrogen-bond donors (Lipinski definition) is 1. The summed E-state index contributed by atoms with van der Waals surface area (Å²) in [5, 5.41) is 10.5. The van der Waals surface area contributed by atoms with Gasteiger partial charge in [0.15, 0.2) is 10.1 Å². The van der Waals surface area contributed by atoms with E-state index in [2.05, 4.69) is 22.1 Å². The Labute approximate surface area is 182 Å². The molecule has 2 aromatic carbocycles. The van der Waals surface area contributed by atoms with Gasteiger partial charge in [-0.1, -0.05) is 54.2 Å². The summed E-state index contributed by atoms with van der Waals surface area (Å²) in [5.74, 6) is 0.902. The van der Waals surface area contributed by atoms with Crippen LogP contribution in [0, 0.1) is 0 Å². The number of rotatable bonds is 9. The van der Waals surface area contributed by atoms with Crippen LogP contribution in [0.25, 0.3) is 20.8 Å². The molecular formula is C22H22N4O2S2. The zero-order chi connectivity index (χ0) is 20.9. The number of nitrogens with zero attached hydrogens (tertiary/aromatic N) is 3. The first kappa shape index (κ1) is 20.4. The number of carbonyl (C=O) groups is 1. The molecule has 4 aromatic rings. The Morgan fingerprint density at radius 1 is 1.10 bits per heavy atom. The molecule has 0 bridgehead atoms. The van der Waals surface area contributed by atoms with E-state index in [-0.39, 0.29) is 12.2 Å². The van der Waals surface area contributed by atoms with E-state index in [9.17, 15) is 4.79 Å². The van der Waals surface area contributed by atoms with E-state index in [0.717, 1.165) is 44.9 Å². The second-order valence-corrected chi connectivity index (χ2v) is 9.07. The molecule has 4 rings (SSSR count). The van der Waals surface area contributed by atoms with Crippen LogP contribution in [-0.2, 0) is 17.6 Å². The molecule has 2 heterocycles. The van der Waals surface area contributed by atoms with Crippen LogP contribution < -0.4 is 10.5 Å². The van der Waals surface area contributed by atoms with Gasteiger partial charge in [-0.25, -0.2) is 4.98 Å². The molecule has 0 saturated carbocycles. The van der Waals surface area contributed by atoms with Crippen LogP contribution in [0.4, 0.5) is 5.13 Å². The number of thiazole rings is 1. The van der Waals surface area contributed by atoms with Gasteiger partial charge in [-0.3, -0.25) is 4.79 Å². The average Bonchev–Trinajstić information content (AvgIpc) is 3.33. The van der Waals surface area contributed by atoms with E-state index in [0.29, 0.717) is 23.2 Å². The summed E-state index contributed by atoms with van der Waals surface area (Å²) in [4.78, 5) is 16.8. The van der Waals surface area contributed by atoms with E-state index < -0.39 is 0 Å². The van der Waals surface area contributed by atoms with Crippen molar-refractivity contribution < 1.29 is 9.53 Å². The number of carbonyl (C=O) groups excluding carboxylic acids is 1. The molecule has 0 saturated heterocycles. The van der Waals surface area contributed by atoms with E-state index in [1.165, 1.54) is 22.7 Å². The lowest BCUT2D eigenvalue weighted by Gasteiger charge is -2.08. The largest absolute Gasteiger partial charge is 0.493 e. The molecule has 2 N–H and O–H groups in total. The smallest absolute Gasteiger partial charge is 0.181 e. The van der Waals surface area contributed by atoms with Gasteiger partial charge in [0.05, 0.1) is 28.8 Å². The van der Waals surface area contributed by atoms with Crippen molar-refractivity contribution in [1.29, 1.82) is 0 Å². The van der Waals surface area contributed by atoms with E-state index in [4.69, 9.17) is 10.5 Å². The molecule has 0 fully saturated rings.